The molecule has 2 rings (SSSR count). The zero-order valence-electron chi connectivity index (χ0n) is 11.5. The summed E-state index contributed by atoms with van der Waals surface area (Å²) in [6.07, 6.45) is 1.28. The molecule has 0 aliphatic carbocycles. The van der Waals surface area contributed by atoms with Gasteiger partial charge in [-0.1, -0.05) is 0 Å². The van der Waals surface area contributed by atoms with Crippen molar-refractivity contribution in [2.75, 3.05) is 13.1 Å². The number of aromatic nitrogens is 1. The van der Waals surface area contributed by atoms with Crippen LogP contribution in [0.15, 0.2) is 23.2 Å². The van der Waals surface area contributed by atoms with Crippen LogP contribution in [0.1, 0.15) is 19.5 Å². The van der Waals surface area contributed by atoms with Gasteiger partial charge >= 0.3 is 0 Å². The van der Waals surface area contributed by atoms with Crippen LogP contribution in [-0.4, -0.2) is 42.2 Å². The molecule has 0 aromatic carbocycles. The first-order chi connectivity index (χ1) is 9.30. The largest absolute Gasteiger partial charge is 0.353 e. The number of nitrogens with one attached hydrogen (secondary N) is 1. The van der Waals surface area contributed by atoms with E-state index in [0.717, 1.165) is 0 Å². The van der Waals surface area contributed by atoms with Crippen LogP contribution in [0.3, 0.4) is 0 Å². The van der Waals surface area contributed by atoms with E-state index >= 15 is 0 Å². The molecule has 1 aromatic rings. The van der Waals surface area contributed by atoms with Crippen LogP contribution >= 0.6 is 0 Å². The summed E-state index contributed by atoms with van der Waals surface area (Å²) >= 11 is 0. The van der Waals surface area contributed by atoms with Crippen LogP contribution in [0.4, 0.5) is 0 Å². The lowest BCUT2D eigenvalue weighted by Crippen LogP contribution is -2.63. The van der Waals surface area contributed by atoms with E-state index in [1.165, 1.54) is 16.6 Å². The van der Waals surface area contributed by atoms with Crippen LogP contribution in [-0.2, 0) is 21.4 Å². The van der Waals surface area contributed by atoms with E-state index in [4.69, 9.17) is 5.73 Å². The summed E-state index contributed by atoms with van der Waals surface area (Å²) in [6.45, 7) is 3.95. The molecule has 110 valence electrons. The summed E-state index contributed by atoms with van der Waals surface area (Å²) in [5, 5.41) is 2.67. The van der Waals surface area contributed by atoms with Crippen molar-refractivity contribution < 1.29 is 13.2 Å². The van der Waals surface area contributed by atoms with E-state index < -0.39 is 15.6 Å². The lowest BCUT2D eigenvalue weighted by atomic mass is 10.0. The number of hydrogen-bond acceptors (Lipinski definition) is 5. The number of piperazine rings is 1. The summed E-state index contributed by atoms with van der Waals surface area (Å²) in [4.78, 5) is 15.9. The lowest BCUT2D eigenvalue weighted by Gasteiger charge is -2.39. The molecule has 0 bridgehead atoms. The molecule has 7 nitrogen and oxygen atoms in total. The number of nitrogens with zero attached hydrogens (tertiary/aromatic N) is 2. The highest BCUT2D eigenvalue weighted by Crippen LogP contribution is 2.26. The molecule has 0 saturated carbocycles. The highest BCUT2D eigenvalue weighted by Gasteiger charge is 2.44. The Balaban J connectivity index is 2.40. The van der Waals surface area contributed by atoms with E-state index in [9.17, 15) is 13.2 Å². The summed E-state index contributed by atoms with van der Waals surface area (Å²) in [5.74, 6) is -0.307. The third-order valence-electron chi connectivity index (χ3n) is 3.37. The molecular weight excluding hydrogens is 280 g/mol. The van der Waals surface area contributed by atoms with Crippen molar-refractivity contribution in [3.05, 3.63) is 24.0 Å². The molecular formula is C12H18N4O3S. The van der Waals surface area contributed by atoms with Crippen molar-refractivity contribution in [2.45, 2.75) is 30.8 Å². The van der Waals surface area contributed by atoms with Crippen LogP contribution in [0, 0.1) is 0 Å². The second-order valence-electron chi connectivity index (χ2n) is 5.08. The molecule has 0 unspecified atom stereocenters. The van der Waals surface area contributed by atoms with E-state index in [-0.39, 0.29) is 23.9 Å². The first-order valence-electron chi connectivity index (χ1n) is 6.26. The Hall–Kier alpha value is -1.51. The van der Waals surface area contributed by atoms with Gasteiger partial charge in [0, 0.05) is 25.8 Å². The van der Waals surface area contributed by atoms with Crippen molar-refractivity contribution in [2.24, 2.45) is 5.73 Å². The van der Waals surface area contributed by atoms with Crippen LogP contribution in [0.5, 0.6) is 0 Å². The van der Waals surface area contributed by atoms with Gasteiger partial charge in [-0.25, -0.2) is 8.42 Å². The van der Waals surface area contributed by atoms with Gasteiger partial charge in [-0.2, -0.15) is 4.31 Å². The lowest BCUT2D eigenvalue weighted by molar-refractivity contribution is -0.131. The molecule has 1 amide bonds. The first-order valence-corrected chi connectivity index (χ1v) is 7.70. The number of nitrogens with two attached hydrogens (primary N) is 1. The average molecular weight is 298 g/mol. The smallest absolute Gasteiger partial charge is 0.245 e. The first kappa shape index (κ1) is 14.9. The Morgan fingerprint density at radius 2 is 2.15 bits per heavy atom. The number of pyridine rings is 1. The molecule has 0 radical (unpaired) electrons. The van der Waals surface area contributed by atoms with Gasteiger partial charge < -0.3 is 11.1 Å². The van der Waals surface area contributed by atoms with Crippen molar-refractivity contribution in [3.63, 3.8) is 0 Å². The molecule has 3 N–H and O–H groups in total. The van der Waals surface area contributed by atoms with Crippen molar-refractivity contribution in [1.29, 1.82) is 0 Å². The highest BCUT2D eigenvalue weighted by atomic mass is 32.2. The minimum absolute atomic E-state index is 0.0671. The van der Waals surface area contributed by atoms with Crippen LogP contribution < -0.4 is 11.1 Å². The van der Waals surface area contributed by atoms with E-state index in [1.807, 2.05) is 0 Å². The molecule has 8 heteroatoms. The molecule has 20 heavy (non-hydrogen) atoms. The number of rotatable bonds is 3. The van der Waals surface area contributed by atoms with E-state index in [2.05, 4.69) is 10.3 Å². The fourth-order valence-corrected chi connectivity index (χ4v) is 3.81. The molecule has 1 aliphatic rings. The quantitative estimate of drug-likeness (QED) is 0.778. The van der Waals surface area contributed by atoms with E-state index in [1.54, 1.807) is 19.9 Å². The monoisotopic (exact) mass is 298 g/mol. The number of carbonyl (C=O) groups is 1. The van der Waals surface area contributed by atoms with E-state index in [0.29, 0.717) is 12.2 Å². The minimum atomic E-state index is -3.76. The fourth-order valence-electron chi connectivity index (χ4n) is 2.11. The summed E-state index contributed by atoms with van der Waals surface area (Å²) in [6, 6.07) is 3.04. The standard InChI is InChI=1S/C12H18N4O3S/c1-12(2)11(17)14-5-6-16(12)20(18,19)10-4-3-9(7-13)15-8-10/h3-4,8H,5-7,13H2,1-2H3,(H,14,17). The maximum absolute atomic E-state index is 12.6. The summed E-state index contributed by atoms with van der Waals surface area (Å²) in [5.41, 5.74) is 4.93. The van der Waals surface area contributed by atoms with Gasteiger partial charge in [0.25, 0.3) is 0 Å². The fraction of sp³-hybridized carbons (Fsp3) is 0.500. The summed E-state index contributed by atoms with van der Waals surface area (Å²) < 4.78 is 26.5. The van der Waals surface area contributed by atoms with Gasteiger partial charge in [-0.3, -0.25) is 9.78 Å². The molecule has 0 atom stereocenters. The molecule has 1 fully saturated rings. The van der Waals surface area contributed by atoms with Crippen molar-refractivity contribution in [1.82, 2.24) is 14.6 Å². The van der Waals surface area contributed by atoms with Gasteiger partial charge in [-0.05, 0) is 26.0 Å². The summed E-state index contributed by atoms with van der Waals surface area (Å²) in [7, 11) is -3.76. The van der Waals surface area contributed by atoms with Gasteiger partial charge in [0.15, 0.2) is 0 Å². The SMILES string of the molecule is CC1(C)C(=O)NCCN1S(=O)(=O)c1ccc(CN)nc1. The highest BCUT2D eigenvalue weighted by molar-refractivity contribution is 7.89. The normalized spacial score (nSPS) is 19.6. The van der Waals surface area contributed by atoms with Crippen LogP contribution in [0.25, 0.3) is 0 Å². The minimum Gasteiger partial charge on any atom is -0.353 e. The maximum atomic E-state index is 12.6. The third kappa shape index (κ3) is 2.41. The average Bonchev–Trinajstić information content (AvgIpc) is 2.41. The van der Waals surface area contributed by atoms with Gasteiger partial charge in [-0.15, -0.1) is 0 Å². The number of amides is 1. The van der Waals surface area contributed by atoms with Gasteiger partial charge in [0.05, 0.1) is 5.69 Å². The van der Waals surface area contributed by atoms with Crippen molar-refractivity contribution in [3.8, 4) is 0 Å². The topological polar surface area (TPSA) is 105 Å². The predicted molar refractivity (Wildman–Crippen MR) is 73.1 cm³/mol. The third-order valence-corrected chi connectivity index (χ3v) is 5.43. The number of hydrogen-bond donors (Lipinski definition) is 2. The molecule has 2 heterocycles. The number of sulfonamides is 1. The van der Waals surface area contributed by atoms with Crippen LogP contribution in [0.2, 0.25) is 0 Å². The second kappa shape index (κ2) is 5.12. The van der Waals surface area contributed by atoms with Crippen molar-refractivity contribution >= 4 is 15.9 Å². The number of carbonyl (C=O) groups excluding carboxylic acids is 1. The Labute approximate surface area is 118 Å². The predicted octanol–water partition coefficient (Wildman–Crippen LogP) is -0.561. The van der Waals surface area contributed by atoms with Gasteiger partial charge in [0.2, 0.25) is 15.9 Å². The zero-order chi connectivity index (χ0) is 15.0. The Morgan fingerprint density at radius 3 is 2.70 bits per heavy atom. The second-order valence-corrected chi connectivity index (χ2v) is 6.94. The van der Waals surface area contributed by atoms with Gasteiger partial charge in [0.1, 0.15) is 10.4 Å². The zero-order valence-corrected chi connectivity index (χ0v) is 12.3. The molecule has 0 spiro atoms. The Morgan fingerprint density at radius 1 is 1.45 bits per heavy atom. The Bertz CT molecular complexity index is 610. The molecule has 1 saturated heterocycles. The maximum Gasteiger partial charge on any atom is 0.245 e. The Kier molecular flexibility index (Phi) is 3.81. The molecule has 1 aliphatic heterocycles. The molecule has 1 aromatic heterocycles.